The molecule has 19 heavy (non-hydrogen) atoms. The standard InChI is InChI=1S/C12H12N2O4S/c1-14(19(17,18)9-6-7-13-8-9)11-5-3-2-4-10(11)12(15)16/h2-8,13H,1H3,(H,15,16). The number of sulfonamides is 1. The molecular formula is C12H12N2O4S. The molecule has 0 saturated carbocycles. The van der Waals surface area contributed by atoms with Crippen molar-refractivity contribution in [1.82, 2.24) is 4.98 Å². The number of aromatic carboxylic acids is 1. The third-order valence-electron chi connectivity index (χ3n) is 2.70. The van der Waals surface area contributed by atoms with Gasteiger partial charge in [-0.2, -0.15) is 0 Å². The number of hydrogen-bond acceptors (Lipinski definition) is 3. The van der Waals surface area contributed by atoms with E-state index < -0.39 is 16.0 Å². The molecule has 100 valence electrons. The Kier molecular flexibility index (Phi) is 3.30. The van der Waals surface area contributed by atoms with Gasteiger partial charge in [0.15, 0.2) is 0 Å². The van der Waals surface area contributed by atoms with Crippen molar-refractivity contribution in [3.8, 4) is 0 Å². The molecule has 2 rings (SSSR count). The Bertz CT molecular complexity index is 692. The van der Waals surface area contributed by atoms with Crippen LogP contribution in [0.2, 0.25) is 0 Å². The highest BCUT2D eigenvalue weighted by atomic mass is 32.2. The van der Waals surface area contributed by atoms with Gasteiger partial charge in [0.25, 0.3) is 10.0 Å². The summed E-state index contributed by atoms with van der Waals surface area (Å²) >= 11 is 0. The maximum absolute atomic E-state index is 12.3. The first-order valence-corrected chi connectivity index (χ1v) is 6.82. The molecule has 2 aromatic rings. The fourth-order valence-electron chi connectivity index (χ4n) is 1.69. The minimum absolute atomic E-state index is 0.0656. The van der Waals surface area contributed by atoms with Crippen molar-refractivity contribution in [3.05, 3.63) is 48.3 Å². The zero-order chi connectivity index (χ0) is 14.0. The summed E-state index contributed by atoms with van der Waals surface area (Å²) in [5.41, 5.74) is 0.0558. The molecule has 0 fully saturated rings. The van der Waals surface area contributed by atoms with Gasteiger partial charge in [0.05, 0.1) is 11.3 Å². The van der Waals surface area contributed by atoms with E-state index in [4.69, 9.17) is 5.11 Å². The van der Waals surface area contributed by atoms with Crippen LogP contribution in [0.4, 0.5) is 5.69 Å². The Balaban J connectivity index is 2.52. The zero-order valence-corrected chi connectivity index (χ0v) is 10.9. The summed E-state index contributed by atoms with van der Waals surface area (Å²) in [4.78, 5) is 13.8. The molecule has 0 aliphatic rings. The van der Waals surface area contributed by atoms with E-state index >= 15 is 0 Å². The molecule has 1 aromatic carbocycles. The smallest absolute Gasteiger partial charge is 0.337 e. The molecule has 0 spiro atoms. The largest absolute Gasteiger partial charge is 0.478 e. The van der Waals surface area contributed by atoms with E-state index in [-0.39, 0.29) is 16.1 Å². The van der Waals surface area contributed by atoms with Crippen molar-refractivity contribution in [2.45, 2.75) is 4.90 Å². The molecule has 0 aliphatic heterocycles. The minimum atomic E-state index is -3.77. The third-order valence-corrected chi connectivity index (χ3v) is 4.47. The Morgan fingerprint density at radius 1 is 1.26 bits per heavy atom. The number of carboxylic acids is 1. The van der Waals surface area contributed by atoms with Crippen LogP contribution >= 0.6 is 0 Å². The van der Waals surface area contributed by atoms with E-state index in [1.807, 2.05) is 0 Å². The first kappa shape index (κ1) is 13.2. The van der Waals surface area contributed by atoms with Gasteiger partial charge in [0, 0.05) is 19.4 Å². The van der Waals surface area contributed by atoms with Crippen molar-refractivity contribution in [3.63, 3.8) is 0 Å². The Hall–Kier alpha value is -2.28. The van der Waals surface area contributed by atoms with Crippen LogP contribution in [0.5, 0.6) is 0 Å². The summed E-state index contributed by atoms with van der Waals surface area (Å²) in [5.74, 6) is -1.17. The van der Waals surface area contributed by atoms with Gasteiger partial charge < -0.3 is 10.1 Å². The fraction of sp³-hybridized carbons (Fsp3) is 0.0833. The van der Waals surface area contributed by atoms with Gasteiger partial charge in [-0.15, -0.1) is 0 Å². The summed E-state index contributed by atoms with van der Waals surface area (Å²) in [5, 5.41) is 9.08. The maximum atomic E-state index is 12.3. The van der Waals surface area contributed by atoms with Gasteiger partial charge in [-0.05, 0) is 18.2 Å². The maximum Gasteiger partial charge on any atom is 0.337 e. The van der Waals surface area contributed by atoms with Gasteiger partial charge in [-0.25, -0.2) is 13.2 Å². The van der Waals surface area contributed by atoms with Crippen LogP contribution in [0.15, 0.2) is 47.6 Å². The molecule has 0 amide bonds. The van der Waals surface area contributed by atoms with Crippen LogP contribution in [0.3, 0.4) is 0 Å². The molecule has 0 atom stereocenters. The van der Waals surface area contributed by atoms with Gasteiger partial charge >= 0.3 is 5.97 Å². The van der Waals surface area contributed by atoms with Crippen molar-refractivity contribution in [2.24, 2.45) is 0 Å². The average molecular weight is 280 g/mol. The van der Waals surface area contributed by atoms with Crippen LogP contribution in [0.25, 0.3) is 0 Å². The number of nitrogens with one attached hydrogen (secondary N) is 1. The molecule has 1 heterocycles. The first-order valence-electron chi connectivity index (χ1n) is 5.38. The summed E-state index contributed by atoms with van der Waals surface area (Å²) < 4.78 is 25.5. The molecule has 0 aliphatic carbocycles. The summed E-state index contributed by atoms with van der Waals surface area (Å²) in [6, 6.07) is 7.36. The number of H-pyrrole nitrogens is 1. The lowest BCUT2D eigenvalue weighted by Gasteiger charge is -2.20. The van der Waals surface area contributed by atoms with E-state index in [0.29, 0.717) is 0 Å². The number of carbonyl (C=O) groups is 1. The van der Waals surface area contributed by atoms with Crippen molar-refractivity contribution < 1.29 is 18.3 Å². The van der Waals surface area contributed by atoms with E-state index in [1.54, 1.807) is 12.1 Å². The normalized spacial score (nSPS) is 11.2. The molecule has 0 bridgehead atoms. The van der Waals surface area contributed by atoms with Crippen LogP contribution in [0, 0.1) is 0 Å². The van der Waals surface area contributed by atoms with Gasteiger partial charge in [-0.3, -0.25) is 4.31 Å². The minimum Gasteiger partial charge on any atom is -0.478 e. The number of hydrogen-bond donors (Lipinski definition) is 2. The number of rotatable bonds is 4. The SMILES string of the molecule is CN(c1ccccc1C(=O)O)S(=O)(=O)c1cc[nH]c1. The molecule has 0 unspecified atom stereocenters. The van der Waals surface area contributed by atoms with Crippen molar-refractivity contribution in [1.29, 1.82) is 0 Å². The monoisotopic (exact) mass is 280 g/mol. The van der Waals surface area contributed by atoms with Crippen LogP contribution < -0.4 is 4.31 Å². The molecular weight excluding hydrogens is 268 g/mol. The van der Waals surface area contributed by atoms with E-state index in [9.17, 15) is 13.2 Å². The molecule has 0 radical (unpaired) electrons. The zero-order valence-electron chi connectivity index (χ0n) is 10.1. The number of aromatic amines is 1. The first-order chi connectivity index (χ1) is 8.94. The number of anilines is 1. The molecule has 6 nitrogen and oxygen atoms in total. The Morgan fingerprint density at radius 3 is 2.53 bits per heavy atom. The predicted molar refractivity (Wildman–Crippen MR) is 69.8 cm³/mol. The van der Waals surface area contributed by atoms with Crippen LogP contribution in [0.1, 0.15) is 10.4 Å². The van der Waals surface area contributed by atoms with Crippen molar-refractivity contribution >= 4 is 21.7 Å². The number of aromatic nitrogens is 1. The average Bonchev–Trinajstić information content (AvgIpc) is 2.92. The molecule has 0 saturated heterocycles. The van der Waals surface area contributed by atoms with Gasteiger partial charge in [-0.1, -0.05) is 12.1 Å². The topological polar surface area (TPSA) is 90.5 Å². The number of benzene rings is 1. The lowest BCUT2D eigenvalue weighted by atomic mass is 10.2. The lowest BCUT2D eigenvalue weighted by molar-refractivity contribution is 0.0698. The highest BCUT2D eigenvalue weighted by Gasteiger charge is 2.24. The molecule has 2 N–H and O–H groups in total. The fourth-order valence-corrected chi connectivity index (χ4v) is 2.88. The third kappa shape index (κ3) is 2.32. The highest BCUT2D eigenvalue weighted by Crippen LogP contribution is 2.25. The second-order valence-corrected chi connectivity index (χ2v) is 5.81. The van der Waals surface area contributed by atoms with Crippen LogP contribution in [-0.4, -0.2) is 31.5 Å². The van der Waals surface area contributed by atoms with Gasteiger partial charge in [0.2, 0.25) is 0 Å². The lowest BCUT2D eigenvalue weighted by Crippen LogP contribution is -2.27. The van der Waals surface area contributed by atoms with Crippen molar-refractivity contribution in [2.75, 3.05) is 11.4 Å². The second-order valence-electron chi connectivity index (χ2n) is 3.84. The van der Waals surface area contributed by atoms with E-state index in [1.165, 1.54) is 37.6 Å². The quantitative estimate of drug-likeness (QED) is 0.888. The number of nitrogens with zero attached hydrogens (tertiary/aromatic N) is 1. The number of para-hydroxylation sites is 1. The molecule has 7 heteroatoms. The van der Waals surface area contributed by atoms with Crippen LogP contribution in [-0.2, 0) is 10.0 Å². The Labute approximate surface area is 110 Å². The van der Waals surface area contributed by atoms with Gasteiger partial charge in [0.1, 0.15) is 4.90 Å². The summed E-state index contributed by atoms with van der Waals surface area (Å²) in [6.45, 7) is 0. The highest BCUT2D eigenvalue weighted by molar-refractivity contribution is 7.92. The van der Waals surface area contributed by atoms with E-state index in [2.05, 4.69) is 4.98 Å². The Morgan fingerprint density at radius 2 is 1.95 bits per heavy atom. The summed E-state index contributed by atoms with van der Waals surface area (Å²) in [6.07, 6.45) is 2.83. The summed E-state index contributed by atoms with van der Waals surface area (Å²) in [7, 11) is -2.44. The number of carboxylic acid groups (broad SMARTS) is 1. The second kappa shape index (κ2) is 4.77. The van der Waals surface area contributed by atoms with E-state index in [0.717, 1.165) is 4.31 Å². The predicted octanol–water partition coefficient (Wildman–Crippen LogP) is 1.54. The molecule has 1 aromatic heterocycles.